The van der Waals surface area contributed by atoms with Gasteiger partial charge in [0.25, 0.3) is 5.92 Å². The number of hydrogen-bond donors (Lipinski definition) is 3. The molecule has 1 heterocycles. The van der Waals surface area contributed by atoms with Gasteiger partial charge in [-0.2, -0.15) is 0 Å². The van der Waals surface area contributed by atoms with Crippen LogP contribution in [-0.4, -0.2) is 29.2 Å². The molecule has 0 atom stereocenters. The molecule has 0 aliphatic heterocycles. The van der Waals surface area contributed by atoms with Gasteiger partial charge in [0.15, 0.2) is 0 Å². The van der Waals surface area contributed by atoms with Crippen LogP contribution in [0.25, 0.3) is 10.8 Å². The molecule has 4 N–H and O–H groups in total. The van der Waals surface area contributed by atoms with Gasteiger partial charge in [0, 0.05) is 34.5 Å². The summed E-state index contributed by atoms with van der Waals surface area (Å²) in [7, 11) is 0. The number of benzene rings is 1. The highest BCUT2D eigenvalue weighted by Gasteiger charge is 2.27. The Balaban J connectivity index is 2.32. The summed E-state index contributed by atoms with van der Waals surface area (Å²) in [6, 6.07) is 4.96. The number of pyridine rings is 1. The summed E-state index contributed by atoms with van der Waals surface area (Å²) in [5.74, 6) is -3.15. The summed E-state index contributed by atoms with van der Waals surface area (Å²) in [4.78, 5) is 3.94. The van der Waals surface area contributed by atoms with Gasteiger partial charge in [0.1, 0.15) is 6.61 Å². The molecule has 4 nitrogen and oxygen atoms in total. The topological polar surface area (TPSA) is 71.2 Å². The van der Waals surface area contributed by atoms with E-state index in [4.69, 9.17) is 10.8 Å². The average Bonchev–Trinajstić information content (AvgIpc) is 2.38. The summed E-state index contributed by atoms with van der Waals surface area (Å²) in [6.07, 6.45) is 3.15. The number of nitrogens with one attached hydrogen (secondary N) is 1. The van der Waals surface area contributed by atoms with Crippen molar-refractivity contribution in [2.24, 2.45) is 0 Å². The molecule has 0 amide bonds. The maximum atomic E-state index is 13.0. The molecule has 18 heavy (non-hydrogen) atoms. The minimum Gasteiger partial charge on any atom is -0.398 e. The Kier molecular flexibility index (Phi) is 3.29. The number of nitrogen functional groups attached to an aromatic ring is 1. The van der Waals surface area contributed by atoms with E-state index in [1.807, 2.05) is 0 Å². The first-order valence-corrected chi connectivity index (χ1v) is 5.38. The molecule has 1 aromatic carbocycles. The molecule has 1 aromatic heterocycles. The van der Waals surface area contributed by atoms with E-state index >= 15 is 0 Å². The Bertz CT molecular complexity index is 560. The fourth-order valence-corrected chi connectivity index (χ4v) is 1.65. The van der Waals surface area contributed by atoms with Gasteiger partial charge < -0.3 is 16.2 Å². The fourth-order valence-electron chi connectivity index (χ4n) is 1.65. The SMILES string of the molecule is Nc1ccc(NCC(F)(F)CO)c2ccncc12. The molecule has 0 fully saturated rings. The first-order chi connectivity index (χ1) is 8.53. The highest BCUT2D eigenvalue weighted by Crippen LogP contribution is 2.28. The lowest BCUT2D eigenvalue weighted by molar-refractivity contribution is -0.0372. The quantitative estimate of drug-likeness (QED) is 0.727. The number of fused-ring (bicyclic) bond motifs is 1. The van der Waals surface area contributed by atoms with Gasteiger partial charge >= 0.3 is 0 Å². The molecule has 2 rings (SSSR count). The van der Waals surface area contributed by atoms with E-state index in [2.05, 4.69) is 10.3 Å². The zero-order valence-corrected chi connectivity index (χ0v) is 9.53. The molecule has 0 bridgehead atoms. The molecule has 0 spiro atoms. The fraction of sp³-hybridized carbons (Fsp3) is 0.250. The van der Waals surface area contributed by atoms with E-state index < -0.39 is 19.1 Å². The van der Waals surface area contributed by atoms with Gasteiger partial charge in [0.2, 0.25) is 0 Å². The summed E-state index contributed by atoms with van der Waals surface area (Å²) in [5.41, 5.74) is 6.85. The van der Waals surface area contributed by atoms with Gasteiger partial charge in [-0.1, -0.05) is 0 Å². The van der Waals surface area contributed by atoms with Crippen molar-refractivity contribution in [2.75, 3.05) is 24.2 Å². The summed E-state index contributed by atoms with van der Waals surface area (Å²) in [6.45, 7) is -1.82. The first-order valence-electron chi connectivity index (χ1n) is 5.38. The van der Waals surface area contributed by atoms with Crippen molar-refractivity contribution in [1.29, 1.82) is 0 Å². The third kappa shape index (κ3) is 2.48. The van der Waals surface area contributed by atoms with Gasteiger partial charge in [-0.05, 0) is 18.2 Å². The van der Waals surface area contributed by atoms with Crippen LogP contribution in [0, 0.1) is 0 Å². The molecular weight excluding hydrogens is 240 g/mol. The second kappa shape index (κ2) is 4.73. The van der Waals surface area contributed by atoms with Crippen LogP contribution in [0.3, 0.4) is 0 Å². The lowest BCUT2D eigenvalue weighted by atomic mass is 10.1. The van der Waals surface area contributed by atoms with E-state index in [1.165, 1.54) is 0 Å². The molecule has 0 unspecified atom stereocenters. The normalized spacial score (nSPS) is 11.7. The zero-order chi connectivity index (χ0) is 13.2. The number of aliphatic hydroxyl groups is 1. The highest BCUT2D eigenvalue weighted by atomic mass is 19.3. The number of nitrogens with two attached hydrogens (primary N) is 1. The molecule has 96 valence electrons. The van der Waals surface area contributed by atoms with Gasteiger partial charge in [-0.25, -0.2) is 8.78 Å². The number of alkyl halides is 2. The van der Waals surface area contributed by atoms with Crippen molar-refractivity contribution in [2.45, 2.75) is 5.92 Å². The molecule has 0 saturated heterocycles. The largest absolute Gasteiger partial charge is 0.398 e. The van der Waals surface area contributed by atoms with E-state index in [9.17, 15) is 8.78 Å². The van der Waals surface area contributed by atoms with Gasteiger partial charge in [-0.15, -0.1) is 0 Å². The lowest BCUT2D eigenvalue weighted by Crippen LogP contribution is -2.31. The van der Waals surface area contributed by atoms with E-state index in [0.29, 0.717) is 16.8 Å². The third-order valence-corrected chi connectivity index (χ3v) is 2.62. The van der Waals surface area contributed by atoms with Crippen molar-refractivity contribution in [3.05, 3.63) is 30.6 Å². The number of aromatic nitrogens is 1. The molecule has 0 radical (unpaired) electrons. The summed E-state index contributed by atoms with van der Waals surface area (Å²) >= 11 is 0. The standard InChI is InChI=1S/C12H13F2N3O/c13-12(14,7-18)6-17-11-2-1-10(15)9-5-16-4-3-8(9)11/h1-5,17-18H,6-7,15H2. The molecule has 2 aromatic rings. The minimum atomic E-state index is -3.15. The number of anilines is 2. The molecular formula is C12H13F2N3O. The second-order valence-corrected chi connectivity index (χ2v) is 3.99. The predicted molar refractivity (Wildman–Crippen MR) is 66.7 cm³/mol. The Labute approximate surface area is 102 Å². The van der Waals surface area contributed by atoms with Crippen molar-refractivity contribution >= 4 is 22.1 Å². The van der Waals surface area contributed by atoms with Crippen LogP contribution in [0.5, 0.6) is 0 Å². The van der Waals surface area contributed by atoms with E-state index in [0.717, 1.165) is 5.39 Å². The van der Waals surface area contributed by atoms with Crippen LogP contribution in [0.2, 0.25) is 0 Å². The summed E-state index contributed by atoms with van der Waals surface area (Å²) in [5, 5.41) is 12.5. The number of halogens is 2. The zero-order valence-electron chi connectivity index (χ0n) is 9.53. The third-order valence-electron chi connectivity index (χ3n) is 2.62. The maximum Gasteiger partial charge on any atom is 0.287 e. The second-order valence-electron chi connectivity index (χ2n) is 3.99. The molecule has 6 heteroatoms. The monoisotopic (exact) mass is 253 g/mol. The van der Waals surface area contributed by atoms with Crippen molar-refractivity contribution in [1.82, 2.24) is 4.98 Å². The number of hydrogen-bond acceptors (Lipinski definition) is 4. The number of aliphatic hydroxyl groups excluding tert-OH is 1. The molecule has 0 aliphatic carbocycles. The highest BCUT2D eigenvalue weighted by molar-refractivity contribution is 6.00. The Morgan fingerprint density at radius 2 is 2.06 bits per heavy atom. The van der Waals surface area contributed by atoms with Crippen LogP contribution in [-0.2, 0) is 0 Å². The smallest absolute Gasteiger partial charge is 0.287 e. The van der Waals surface area contributed by atoms with Crippen LogP contribution >= 0.6 is 0 Å². The van der Waals surface area contributed by atoms with Gasteiger partial charge in [0.05, 0.1) is 6.54 Å². The average molecular weight is 253 g/mol. The van der Waals surface area contributed by atoms with Crippen LogP contribution < -0.4 is 11.1 Å². The Hall–Kier alpha value is -1.95. The minimum absolute atomic E-state index is 0.537. The number of nitrogens with zero attached hydrogens (tertiary/aromatic N) is 1. The van der Waals surface area contributed by atoms with Crippen LogP contribution in [0.15, 0.2) is 30.6 Å². The Morgan fingerprint density at radius 3 is 2.78 bits per heavy atom. The number of rotatable bonds is 4. The van der Waals surface area contributed by atoms with E-state index in [1.54, 1.807) is 30.6 Å². The van der Waals surface area contributed by atoms with Crippen LogP contribution in [0.4, 0.5) is 20.2 Å². The van der Waals surface area contributed by atoms with E-state index in [-0.39, 0.29) is 0 Å². The lowest BCUT2D eigenvalue weighted by Gasteiger charge is -2.16. The maximum absolute atomic E-state index is 13.0. The Morgan fingerprint density at radius 1 is 1.28 bits per heavy atom. The van der Waals surface area contributed by atoms with Crippen molar-refractivity contribution in [3.63, 3.8) is 0 Å². The molecule has 0 saturated carbocycles. The molecule has 0 aliphatic rings. The van der Waals surface area contributed by atoms with Crippen molar-refractivity contribution in [3.8, 4) is 0 Å². The summed E-state index contributed by atoms with van der Waals surface area (Å²) < 4.78 is 25.9. The van der Waals surface area contributed by atoms with Crippen LogP contribution in [0.1, 0.15) is 0 Å². The van der Waals surface area contributed by atoms with Crippen molar-refractivity contribution < 1.29 is 13.9 Å². The van der Waals surface area contributed by atoms with Gasteiger partial charge in [-0.3, -0.25) is 4.98 Å². The first kappa shape index (κ1) is 12.5. The predicted octanol–water partition coefficient (Wildman–Crippen LogP) is 1.86.